The maximum Gasteiger partial charge on any atom is 0.289 e. The van der Waals surface area contributed by atoms with E-state index in [1.165, 1.54) is 6.26 Å². The fourth-order valence-corrected chi connectivity index (χ4v) is 3.21. The number of carbonyl (C=O) groups is 2. The van der Waals surface area contributed by atoms with Gasteiger partial charge in [-0.2, -0.15) is 0 Å². The average Bonchev–Trinajstić information content (AvgIpc) is 3.23. The van der Waals surface area contributed by atoms with Gasteiger partial charge in [0.1, 0.15) is 5.75 Å². The van der Waals surface area contributed by atoms with E-state index in [1.54, 1.807) is 23.1 Å². The van der Waals surface area contributed by atoms with Crippen LogP contribution in [0.3, 0.4) is 0 Å². The van der Waals surface area contributed by atoms with E-state index in [0.29, 0.717) is 36.8 Å². The predicted molar refractivity (Wildman–Crippen MR) is 102 cm³/mol. The Kier molecular flexibility index (Phi) is 6.52. The van der Waals surface area contributed by atoms with Gasteiger partial charge in [-0.15, -0.1) is 0 Å². The smallest absolute Gasteiger partial charge is 0.289 e. The minimum Gasteiger partial charge on any atom is -0.493 e. The van der Waals surface area contributed by atoms with Gasteiger partial charge < -0.3 is 19.4 Å². The zero-order chi connectivity index (χ0) is 19.1. The third-order valence-electron chi connectivity index (χ3n) is 4.66. The summed E-state index contributed by atoms with van der Waals surface area (Å²) in [5.74, 6) is 0.626. The van der Waals surface area contributed by atoms with E-state index < -0.39 is 0 Å². The normalized spacial score (nSPS) is 16.8. The molecule has 144 valence electrons. The number of furan rings is 1. The Hall–Kier alpha value is -2.76. The topological polar surface area (TPSA) is 71.8 Å². The van der Waals surface area contributed by atoms with Crippen molar-refractivity contribution in [3.63, 3.8) is 0 Å². The van der Waals surface area contributed by atoms with E-state index >= 15 is 0 Å². The largest absolute Gasteiger partial charge is 0.493 e. The second-order valence-corrected chi connectivity index (χ2v) is 6.74. The van der Waals surface area contributed by atoms with Crippen LogP contribution in [0.2, 0.25) is 0 Å². The van der Waals surface area contributed by atoms with Gasteiger partial charge in [0.2, 0.25) is 0 Å². The molecule has 0 spiro atoms. The first-order chi connectivity index (χ1) is 13.2. The van der Waals surface area contributed by atoms with Crippen LogP contribution in [0.25, 0.3) is 0 Å². The average molecular weight is 370 g/mol. The van der Waals surface area contributed by atoms with Gasteiger partial charge in [-0.25, -0.2) is 0 Å². The Balaban J connectivity index is 1.61. The minimum absolute atomic E-state index is 0.0890. The van der Waals surface area contributed by atoms with Crippen LogP contribution in [0.4, 0.5) is 0 Å². The molecule has 6 nitrogen and oxygen atoms in total. The van der Waals surface area contributed by atoms with Crippen LogP contribution < -0.4 is 10.1 Å². The number of ether oxygens (including phenoxy) is 1. The van der Waals surface area contributed by atoms with Gasteiger partial charge >= 0.3 is 0 Å². The standard InChI is InChI=1S/C21H26N2O4/c1-2-3-13-26-18-10-5-4-9-17(18)20(24)22-16-8-6-12-23(15-16)21(25)19-11-7-14-27-19/h4-5,7,9-11,14,16H,2-3,6,8,12-13,15H2,1H3,(H,22,24). The van der Waals surface area contributed by atoms with E-state index in [9.17, 15) is 9.59 Å². The number of unbranched alkanes of at least 4 members (excludes halogenated alkanes) is 1. The van der Waals surface area contributed by atoms with Gasteiger partial charge in [-0.1, -0.05) is 25.5 Å². The molecule has 3 rings (SSSR count). The summed E-state index contributed by atoms with van der Waals surface area (Å²) < 4.78 is 11.0. The summed E-state index contributed by atoms with van der Waals surface area (Å²) in [6, 6.07) is 10.6. The number of amides is 2. The van der Waals surface area contributed by atoms with Gasteiger partial charge in [-0.05, 0) is 43.5 Å². The summed E-state index contributed by atoms with van der Waals surface area (Å²) in [5, 5.41) is 3.05. The van der Waals surface area contributed by atoms with Crippen molar-refractivity contribution >= 4 is 11.8 Å². The SMILES string of the molecule is CCCCOc1ccccc1C(=O)NC1CCCN(C(=O)c2ccco2)C1. The number of nitrogens with zero attached hydrogens (tertiary/aromatic N) is 1. The second kappa shape index (κ2) is 9.26. The quantitative estimate of drug-likeness (QED) is 0.757. The van der Waals surface area contributed by atoms with Gasteiger partial charge in [0.05, 0.1) is 18.4 Å². The van der Waals surface area contributed by atoms with Crippen molar-refractivity contribution < 1.29 is 18.7 Å². The van der Waals surface area contributed by atoms with E-state index in [2.05, 4.69) is 12.2 Å². The highest BCUT2D eigenvalue weighted by Gasteiger charge is 2.27. The first-order valence-electron chi connectivity index (χ1n) is 9.54. The summed E-state index contributed by atoms with van der Waals surface area (Å²) in [6.07, 6.45) is 5.16. The van der Waals surface area contributed by atoms with Crippen molar-refractivity contribution in [1.29, 1.82) is 0 Å². The molecular weight excluding hydrogens is 344 g/mol. The second-order valence-electron chi connectivity index (χ2n) is 6.74. The number of piperidine rings is 1. The Morgan fingerprint density at radius 1 is 1.26 bits per heavy atom. The molecular formula is C21H26N2O4. The molecule has 1 fully saturated rings. The molecule has 1 unspecified atom stereocenters. The molecule has 0 bridgehead atoms. The first-order valence-corrected chi connectivity index (χ1v) is 9.54. The number of hydrogen-bond donors (Lipinski definition) is 1. The van der Waals surface area contributed by atoms with Crippen LogP contribution in [-0.2, 0) is 0 Å². The lowest BCUT2D eigenvalue weighted by atomic mass is 10.0. The number of para-hydroxylation sites is 1. The van der Waals surface area contributed by atoms with E-state index in [4.69, 9.17) is 9.15 Å². The minimum atomic E-state index is -0.167. The Morgan fingerprint density at radius 2 is 2.11 bits per heavy atom. The summed E-state index contributed by atoms with van der Waals surface area (Å²) in [4.78, 5) is 27.0. The maximum absolute atomic E-state index is 12.8. The number of carbonyl (C=O) groups excluding carboxylic acids is 2. The van der Waals surface area contributed by atoms with E-state index in [1.807, 2.05) is 18.2 Å². The first kappa shape index (κ1) is 19.0. The molecule has 2 heterocycles. The van der Waals surface area contributed by atoms with E-state index in [0.717, 1.165) is 25.7 Å². The third kappa shape index (κ3) is 4.90. The number of likely N-dealkylation sites (tertiary alicyclic amines) is 1. The van der Waals surface area contributed by atoms with Crippen LogP contribution in [0.1, 0.15) is 53.5 Å². The van der Waals surface area contributed by atoms with Gasteiger partial charge in [-0.3, -0.25) is 9.59 Å². The van der Waals surface area contributed by atoms with Crippen molar-refractivity contribution in [2.75, 3.05) is 19.7 Å². The van der Waals surface area contributed by atoms with Crippen LogP contribution in [0.15, 0.2) is 47.1 Å². The molecule has 1 aromatic carbocycles. The zero-order valence-electron chi connectivity index (χ0n) is 15.6. The lowest BCUT2D eigenvalue weighted by Crippen LogP contribution is -2.49. The number of rotatable bonds is 7. The molecule has 0 aliphatic carbocycles. The number of hydrogen-bond acceptors (Lipinski definition) is 4. The van der Waals surface area contributed by atoms with Crippen LogP contribution >= 0.6 is 0 Å². The molecule has 1 aromatic heterocycles. The van der Waals surface area contributed by atoms with Crippen molar-refractivity contribution in [3.05, 3.63) is 54.0 Å². The molecule has 2 amide bonds. The van der Waals surface area contributed by atoms with Crippen LogP contribution in [-0.4, -0.2) is 42.5 Å². The van der Waals surface area contributed by atoms with Crippen molar-refractivity contribution in [1.82, 2.24) is 10.2 Å². The van der Waals surface area contributed by atoms with Crippen molar-refractivity contribution in [2.24, 2.45) is 0 Å². The Bertz CT molecular complexity index is 757. The van der Waals surface area contributed by atoms with Gasteiger partial charge in [0, 0.05) is 19.1 Å². The molecule has 1 aliphatic heterocycles. The highest BCUT2D eigenvalue weighted by molar-refractivity contribution is 5.97. The number of nitrogens with one attached hydrogen (secondary N) is 1. The fourth-order valence-electron chi connectivity index (χ4n) is 3.21. The summed E-state index contributed by atoms with van der Waals surface area (Å²) in [6.45, 7) is 3.84. The number of benzene rings is 1. The van der Waals surface area contributed by atoms with Crippen LogP contribution in [0.5, 0.6) is 5.75 Å². The summed E-state index contributed by atoms with van der Waals surface area (Å²) in [7, 11) is 0. The van der Waals surface area contributed by atoms with Crippen molar-refractivity contribution in [3.8, 4) is 5.75 Å². The lowest BCUT2D eigenvalue weighted by molar-refractivity contribution is 0.0646. The maximum atomic E-state index is 12.8. The Morgan fingerprint density at radius 3 is 2.89 bits per heavy atom. The molecule has 1 atom stereocenters. The highest BCUT2D eigenvalue weighted by Crippen LogP contribution is 2.20. The molecule has 6 heteroatoms. The lowest BCUT2D eigenvalue weighted by Gasteiger charge is -2.32. The predicted octanol–water partition coefficient (Wildman–Crippen LogP) is 3.49. The van der Waals surface area contributed by atoms with Crippen LogP contribution in [0, 0.1) is 0 Å². The van der Waals surface area contributed by atoms with E-state index in [-0.39, 0.29) is 17.9 Å². The molecule has 1 N–H and O–H groups in total. The third-order valence-corrected chi connectivity index (χ3v) is 4.66. The van der Waals surface area contributed by atoms with Crippen molar-refractivity contribution in [2.45, 2.75) is 38.6 Å². The molecule has 2 aromatic rings. The summed E-state index contributed by atoms with van der Waals surface area (Å²) in [5.41, 5.74) is 0.531. The monoisotopic (exact) mass is 370 g/mol. The zero-order valence-corrected chi connectivity index (χ0v) is 15.6. The Labute approximate surface area is 159 Å². The molecule has 1 aliphatic rings. The van der Waals surface area contributed by atoms with Gasteiger partial charge in [0.25, 0.3) is 11.8 Å². The molecule has 27 heavy (non-hydrogen) atoms. The molecule has 0 saturated carbocycles. The highest BCUT2D eigenvalue weighted by atomic mass is 16.5. The molecule has 1 saturated heterocycles. The summed E-state index contributed by atoms with van der Waals surface area (Å²) >= 11 is 0. The molecule has 0 radical (unpaired) electrons. The van der Waals surface area contributed by atoms with Gasteiger partial charge in [0.15, 0.2) is 5.76 Å². The fraction of sp³-hybridized carbons (Fsp3) is 0.429.